The predicted octanol–water partition coefficient (Wildman–Crippen LogP) is 2.92. The largest absolute Gasteiger partial charge is 0.396 e. The van der Waals surface area contributed by atoms with Crippen molar-refractivity contribution in [1.82, 2.24) is 0 Å². The number of aliphatic hydroxyl groups is 1. The molecule has 0 fully saturated rings. The second-order valence-electron chi connectivity index (χ2n) is 4.53. The minimum absolute atomic E-state index is 0.000216. The molecule has 1 rings (SSSR count). The number of aliphatic hydroxyl groups excluding tert-OH is 1. The lowest BCUT2D eigenvalue weighted by Crippen LogP contribution is -2.20. The Morgan fingerprint density at radius 3 is 2.62 bits per heavy atom. The lowest BCUT2D eigenvalue weighted by molar-refractivity contribution is -0.385. The molecule has 0 aromatic heterocycles. The highest BCUT2D eigenvalue weighted by Crippen LogP contribution is 2.29. The van der Waals surface area contributed by atoms with E-state index in [0.717, 1.165) is 0 Å². The van der Waals surface area contributed by atoms with Gasteiger partial charge in [0.15, 0.2) is 0 Å². The number of nitrogens with zero attached hydrogens (tertiary/aromatic N) is 1. The molecule has 88 valence electrons. The molecule has 0 spiro atoms. The summed E-state index contributed by atoms with van der Waals surface area (Å²) >= 11 is 3.21. The van der Waals surface area contributed by atoms with Crippen LogP contribution in [0.3, 0.4) is 0 Å². The highest BCUT2D eigenvalue weighted by atomic mass is 79.9. The molecular formula is C11H14BrNO3. The van der Waals surface area contributed by atoms with E-state index in [1.807, 2.05) is 13.8 Å². The Hall–Kier alpha value is -0.940. The van der Waals surface area contributed by atoms with Gasteiger partial charge in [0.25, 0.3) is 5.69 Å². The summed E-state index contributed by atoms with van der Waals surface area (Å²) in [7, 11) is 0. The number of nitro benzene ring substituents is 1. The predicted molar refractivity (Wildman–Crippen MR) is 65.4 cm³/mol. The fourth-order valence-electron chi connectivity index (χ4n) is 1.43. The molecule has 0 amide bonds. The first-order valence-electron chi connectivity index (χ1n) is 4.89. The summed E-state index contributed by atoms with van der Waals surface area (Å²) < 4.78 is 0.685. The van der Waals surface area contributed by atoms with Gasteiger partial charge in [0.1, 0.15) is 0 Å². The minimum atomic E-state index is -0.395. The first-order valence-corrected chi connectivity index (χ1v) is 5.69. The zero-order valence-electron chi connectivity index (χ0n) is 9.24. The van der Waals surface area contributed by atoms with Gasteiger partial charge >= 0.3 is 0 Å². The summed E-state index contributed by atoms with van der Waals surface area (Å²) in [6.07, 6.45) is 0.479. The van der Waals surface area contributed by atoms with Crippen molar-refractivity contribution < 1.29 is 10.0 Å². The maximum Gasteiger partial charge on any atom is 0.273 e. The van der Waals surface area contributed by atoms with Crippen LogP contribution in [-0.2, 0) is 6.42 Å². The lowest BCUT2D eigenvalue weighted by atomic mass is 9.86. The molecule has 0 saturated carbocycles. The van der Waals surface area contributed by atoms with Crippen LogP contribution in [0.25, 0.3) is 0 Å². The minimum Gasteiger partial charge on any atom is -0.396 e. The van der Waals surface area contributed by atoms with Gasteiger partial charge in [-0.2, -0.15) is 0 Å². The molecule has 0 bridgehead atoms. The van der Waals surface area contributed by atoms with Crippen LogP contribution in [0.5, 0.6) is 0 Å². The Balaban J connectivity index is 3.09. The number of rotatable bonds is 4. The molecule has 16 heavy (non-hydrogen) atoms. The average molecular weight is 288 g/mol. The second kappa shape index (κ2) is 4.93. The molecule has 5 heteroatoms. The third-order valence-corrected chi connectivity index (χ3v) is 2.83. The van der Waals surface area contributed by atoms with Crippen LogP contribution < -0.4 is 0 Å². The van der Waals surface area contributed by atoms with Gasteiger partial charge in [-0.1, -0.05) is 35.8 Å². The number of hydrogen-bond acceptors (Lipinski definition) is 3. The van der Waals surface area contributed by atoms with Gasteiger partial charge in [-0.25, -0.2) is 0 Å². The van der Waals surface area contributed by atoms with Gasteiger partial charge < -0.3 is 5.11 Å². The number of hydrogen-bond donors (Lipinski definition) is 1. The molecule has 0 aliphatic rings. The highest BCUT2D eigenvalue weighted by molar-refractivity contribution is 9.10. The topological polar surface area (TPSA) is 63.4 Å². The van der Waals surface area contributed by atoms with Gasteiger partial charge in [0.05, 0.1) is 4.92 Å². The van der Waals surface area contributed by atoms with Gasteiger partial charge in [0.2, 0.25) is 0 Å². The van der Waals surface area contributed by atoms with E-state index in [1.54, 1.807) is 12.1 Å². The Kier molecular flexibility index (Phi) is 4.04. The molecule has 1 aromatic rings. The summed E-state index contributed by atoms with van der Waals surface area (Å²) in [6, 6.07) is 4.98. The molecule has 0 unspecified atom stereocenters. The summed E-state index contributed by atoms with van der Waals surface area (Å²) in [5, 5.41) is 20.0. The number of benzene rings is 1. The van der Waals surface area contributed by atoms with Crippen LogP contribution in [0.15, 0.2) is 22.7 Å². The van der Waals surface area contributed by atoms with Crippen molar-refractivity contribution >= 4 is 21.6 Å². The molecule has 0 aliphatic heterocycles. The summed E-state index contributed by atoms with van der Waals surface area (Å²) in [6.45, 7) is 3.75. The van der Waals surface area contributed by atoms with Crippen LogP contribution in [-0.4, -0.2) is 16.6 Å². The van der Waals surface area contributed by atoms with Crippen LogP contribution >= 0.6 is 15.9 Å². The normalized spacial score (nSPS) is 11.5. The smallest absolute Gasteiger partial charge is 0.273 e. The first-order chi connectivity index (χ1) is 7.35. The van der Waals surface area contributed by atoms with Gasteiger partial charge in [-0.05, 0) is 17.9 Å². The maximum absolute atomic E-state index is 10.9. The van der Waals surface area contributed by atoms with Crippen LogP contribution in [0.2, 0.25) is 0 Å². The molecule has 1 N–H and O–H groups in total. The van der Waals surface area contributed by atoms with E-state index < -0.39 is 4.92 Å². The van der Waals surface area contributed by atoms with E-state index in [0.29, 0.717) is 16.5 Å². The first kappa shape index (κ1) is 13.1. The summed E-state index contributed by atoms with van der Waals surface area (Å²) in [5.74, 6) is 0. The Bertz CT molecular complexity index is 404. The summed E-state index contributed by atoms with van der Waals surface area (Å²) in [4.78, 5) is 10.5. The fraction of sp³-hybridized carbons (Fsp3) is 0.455. The third kappa shape index (κ3) is 3.28. The molecule has 4 nitrogen and oxygen atoms in total. The van der Waals surface area contributed by atoms with E-state index in [1.165, 1.54) is 6.07 Å². The van der Waals surface area contributed by atoms with Crippen molar-refractivity contribution in [3.05, 3.63) is 38.3 Å². The van der Waals surface area contributed by atoms with Crippen molar-refractivity contribution in [3.8, 4) is 0 Å². The molecule has 0 atom stereocenters. The third-order valence-electron chi connectivity index (χ3n) is 2.34. The highest BCUT2D eigenvalue weighted by Gasteiger charge is 2.23. The quantitative estimate of drug-likeness (QED) is 0.684. The van der Waals surface area contributed by atoms with Crippen molar-refractivity contribution in [2.24, 2.45) is 5.41 Å². The zero-order chi connectivity index (χ0) is 12.3. The number of nitro groups is 1. The second-order valence-corrected chi connectivity index (χ2v) is 5.44. The van der Waals surface area contributed by atoms with E-state index in [-0.39, 0.29) is 17.7 Å². The van der Waals surface area contributed by atoms with Gasteiger partial charge in [-0.3, -0.25) is 10.1 Å². The maximum atomic E-state index is 10.9. The van der Waals surface area contributed by atoms with Crippen LogP contribution in [0, 0.1) is 15.5 Å². The van der Waals surface area contributed by atoms with E-state index in [2.05, 4.69) is 15.9 Å². The Labute approximate surface area is 103 Å². The van der Waals surface area contributed by atoms with E-state index >= 15 is 0 Å². The van der Waals surface area contributed by atoms with Crippen molar-refractivity contribution in [2.75, 3.05) is 6.61 Å². The molecular weight excluding hydrogens is 274 g/mol. The molecule has 0 radical (unpaired) electrons. The Morgan fingerprint density at radius 2 is 2.12 bits per heavy atom. The van der Waals surface area contributed by atoms with Crippen molar-refractivity contribution in [3.63, 3.8) is 0 Å². The summed E-state index contributed by atoms with van der Waals surface area (Å²) in [5.41, 5.74) is 0.390. The monoisotopic (exact) mass is 287 g/mol. The SMILES string of the molecule is CC(C)(CO)Cc1ccc(Br)cc1[N+](=O)[O-]. The van der Waals surface area contributed by atoms with Crippen LogP contribution in [0.4, 0.5) is 5.69 Å². The van der Waals surface area contributed by atoms with E-state index in [9.17, 15) is 10.1 Å². The van der Waals surface area contributed by atoms with Gasteiger partial charge in [0, 0.05) is 22.7 Å². The number of halogens is 1. The van der Waals surface area contributed by atoms with Crippen molar-refractivity contribution in [1.29, 1.82) is 0 Å². The Morgan fingerprint density at radius 1 is 1.50 bits per heavy atom. The van der Waals surface area contributed by atoms with Gasteiger partial charge in [-0.15, -0.1) is 0 Å². The van der Waals surface area contributed by atoms with Crippen LogP contribution in [0.1, 0.15) is 19.4 Å². The van der Waals surface area contributed by atoms with E-state index in [4.69, 9.17) is 5.11 Å². The standard InChI is InChI=1S/C11H14BrNO3/c1-11(2,7-14)6-8-3-4-9(12)5-10(8)13(15)16/h3-5,14H,6-7H2,1-2H3. The molecule has 0 aliphatic carbocycles. The average Bonchev–Trinajstić information content (AvgIpc) is 2.20. The molecule has 1 aromatic carbocycles. The zero-order valence-corrected chi connectivity index (χ0v) is 10.8. The molecule has 0 saturated heterocycles. The van der Waals surface area contributed by atoms with Crippen molar-refractivity contribution in [2.45, 2.75) is 20.3 Å². The lowest BCUT2D eigenvalue weighted by Gasteiger charge is -2.21. The fourth-order valence-corrected chi connectivity index (χ4v) is 1.78. The molecule has 0 heterocycles.